The number of carbonyl (C=O) groups excluding carboxylic acids is 1. The molecule has 3 rings (SSSR count). The molecule has 0 fully saturated rings. The summed E-state index contributed by atoms with van der Waals surface area (Å²) in [5, 5.41) is 11.4. The molecule has 0 atom stereocenters. The van der Waals surface area contributed by atoms with Gasteiger partial charge in [0.2, 0.25) is 15.0 Å². The molecule has 3 aromatic rings. The molecule has 0 aliphatic carbocycles. The van der Waals surface area contributed by atoms with Crippen LogP contribution in [0.2, 0.25) is 0 Å². The van der Waals surface area contributed by atoms with Gasteiger partial charge >= 0.3 is 0 Å². The highest BCUT2D eigenvalue weighted by molar-refractivity contribution is 7.90. The summed E-state index contributed by atoms with van der Waals surface area (Å²) in [5.41, 5.74) is 0.297. The number of hydrogen-bond acceptors (Lipinski definition) is 11. The Kier molecular flexibility index (Phi) is 9.42. The second kappa shape index (κ2) is 12.7. The van der Waals surface area contributed by atoms with Gasteiger partial charge in [-0.3, -0.25) is 10.1 Å². The minimum Gasteiger partial charge on any atom is -0.497 e. The van der Waals surface area contributed by atoms with E-state index in [0.29, 0.717) is 47.6 Å². The van der Waals surface area contributed by atoms with E-state index < -0.39 is 20.9 Å². The molecule has 194 valence electrons. The van der Waals surface area contributed by atoms with Crippen molar-refractivity contribution in [2.75, 3.05) is 38.5 Å². The molecule has 1 amide bonds. The topological polar surface area (TPSA) is 150 Å². The van der Waals surface area contributed by atoms with Gasteiger partial charge in [0.15, 0.2) is 11.5 Å². The molecule has 0 spiro atoms. The fraction of sp³-hybridized carbons (Fsp3) is 0.250. The molecule has 0 bridgehead atoms. The zero-order valence-electron chi connectivity index (χ0n) is 20.3. The first-order chi connectivity index (χ1) is 17.7. The number of rotatable bonds is 12. The quantitative estimate of drug-likeness (QED) is 0.204. The summed E-state index contributed by atoms with van der Waals surface area (Å²) in [6.45, 7) is 2.74. The van der Waals surface area contributed by atoms with Crippen LogP contribution in [0.5, 0.6) is 23.0 Å². The second-order valence-corrected chi connectivity index (χ2v) is 9.95. The van der Waals surface area contributed by atoms with E-state index in [9.17, 15) is 18.5 Å². The van der Waals surface area contributed by atoms with E-state index in [1.54, 1.807) is 49.6 Å². The van der Waals surface area contributed by atoms with E-state index in [1.165, 1.54) is 6.08 Å². The van der Waals surface area contributed by atoms with Gasteiger partial charge in [0.1, 0.15) is 36.4 Å². The van der Waals surface area contributed by atoms with Crippen molar-refractivity contribution in [1.82, 2.24) is 9.36 Å². The predicted octanol–water partition coefficient (Wildman–Crippen LogP) is 3.35. The normalized spacial score (nSPS) is 11.4. The fourth-order valence-electron chi connectivity index (χ4n) is 2.88. The number of aromatic nitrogens is 2. The molecular weight excluding hydrogens is 520 g/mol. The van der Waals surface area contributed by atoms with Gasteiger partial charge in [-0.15, -0.1) is 0 Å². The summed E-state index contributed by atoms with van der Waals surface area (Å²) >= 11 is 0.698. The van der Waals surface area contributed by atoms with Crippen molar-refractivity contribution in [3.63, 3.8) is 0 Å². The van der Waals surface area contributed by atoms with Crippen molar-refractivity contribution in [1.29, 1.82) is 5.26 Å². The summed E-state index contributed by atoms with van der Waals surface area (Å²) in [6, 6.07) is 14.0. The largest absolute Gasteiger partial charge is 0.497 e. The van der Waals surface area contributed by atoms with E-state index in [2.05, 4.69) is 14.7 Å². The average molecular weight is 545 g/mol. The number of hydrogen-bond donors (Lipinski definition) is 1. The van der Waals surface area contributed by atoms with E-state index in [4.69, 9.17) is 18.9 Å². The lowest BCUT2D eigenvalue weighted by Crippen LogP contribution is -2.13. The lowest BCUT2D eigenvalue weighted by Gasteiger charge is -2.13. The summed E-state index contributed by atoms with van der Waals surface area (Å²) in [6.07, 6.45) is 2.32. The SMILES string of the molecule is CCOc1cc(C=C(C#N)C(=O)Nc2nc(S(C)(=O)=O)ns2)ccc1OCCOc1ccc(OC)cc1. The lowest BCUT2D eigenvalue weighted by atomic mass is 10.1. The van der Waals surface area contributed by atoms with Crippen LogP contribution in [0.15, 0.2) is 53.2 Å². The van der Waals surface area contributed by atoms with Gasteiger partial charge in [0.05, 0.1) is 13.7 Å². The second-order valence-electron chi connectivity index (χ2n) is 7.29. The molecule has 0 unspecified atom stereocenters. The van der Waals surface area contributed by atoms with Gasteiger partial charge in [-0.2, -0.15) is 14.6 Å². The van der Waals surface area contributed by atoms with Crippen molar-refractivity contribution >= 4 is 38.5 Å². The first-order valence-electron chi connectivity index (χ1n) is 10.9. The van der Waals surface area contributed by atoms with E-state index in [0.717, 1.165) is 12.0 Å². The third kappa shape index (κ3) is 7.92. The molecule has 11 nitrogen and oxygen atoms in total. The van der Waals surface area contributed by atoms with Crippen LogP contribution in [0.3, 0.4) is 0 Å². The molecule has 2 aromatic carbocycles. The van der Waals surface area contributed by atoms with Gasteiger partial charge in [0, 0.05) is 17.8 Å². The van der Waals surface area contributed by atoms with Crippen LogP contribution in [-0.2, 0) is 14.6 Å². The Balaban J connectivity index is 1.65. The standard InChI is InChI=1S/C24H24N4O7S2/c1-4-33-21-14-16(5-10-20(21)35-12-11-34-19-8-6-18(32-2)7-9-19)13-17(15-25)22(29)26-23-27-24(28-36-23)37(3,30)31/h5-10,13-14H,4,11-12H2,1-3H3,(H,26,27,28,29). The Morgan fingerprint density at radius 1 is 1.08 bits per heavy atom. The maximum Gasteiger partial charge on any atom is 0.268 e. The van der Waals surface area contributed by atoms with Gasteiger partial charge in [0.25, 0.3) is 11.1 Å². The Morgan fingerprint density at radius 3 is 2.41 bits per heavy atom. The minimum absolute atomic E-state index is 0.0396. The molecule has 13 heteroatoms. The molecule has 0 aliphatic rings. The molecule has 0 aliphatic heterocycles. The molecule has 0 saturated heterocycles. The summed E-state index contributed by atoms with van der Waals surface area (Å²) in [4.78, 5) is 16.3. The zero-order valence-corrected chi connectivity index (χ0v) is 21.9. The van der Waals surface area contributed by atoms with Crippen LogP contribution in [0.1, 0.15) is 12.5 Å². The fourth-order valence-corrected chi connectivity index (χ4v) is 4.32. The Morgan fingerprint density at radius 2 is 1.78 bits per heavy atom. The molecule has 0 saturated carbocycles. The number of methoxy groups -OCH3 is 1. The molecule has 1 aromatic heterocycles. The monoisotopic (exact) mass is 544 g/mol. The molecule has 1 heterocycles. The summed E-state index contributed by atoms with van der Waals surface area (Å²) in [7, 11) is -2.02. The maximum atomic E-state index is 12.5. The van der Waals surface area contributed by atoms with E-state index >= 15 is 0 Å². The first kappa shape index (κ1) is 27.4. The van der Waals surface area contributed by atoms with Crippen LogP contribution in [0.25, 0.3) is 6.08 Å². The Hall–Kier alpha value is -4.15. The van der Waals surface area contributed by atoms with Crippen LogP contribution in [-0.4, -0.2) is 56.9 Å². The van der Waals surface area contributed by atoms with Crippen LogP contribution < -0.4 is 24.3 Å². The highest BCUT2D eigenvalue weighted by atomic mass is 32.2. The average Bonchev–Trinajstić information content (AvgIpc) is 3.36. The minimum atomic E-state index is -3.61. The van der Waals surface area contributed by atoms with Crippen molar-refractivity contribution in [3.05, 3.63) is 53.6 Å². The molecule has 1 N–H and O–H groups in total. The number of nitrogens with one attached hydrogen (secondary N) is 1. The van der Waals surface area contributed by atoms with E-state index in [-0.39, 0.29) is 17.3 Å². The van der Waals surface area contributed by atoms with Crippen molar-refractivity contribution < 1.29 is 32.2 Å². The molecule has 0 radical (unpaired) electrons. The van der Waals surface area contributed by atoms with Crippen molar-refractivity contribution in [2.45, 2.75) is 12.1 Å². The molecule has 37 heavy (non-hydrogen) atoms. The van der Waals surface area contributed by atoms with Gasteiger partial charge in [-0.25, -0.2) is 8.42 Å². The Bertz CT molecular complexity index is 1410. The summed E-state index contributed by atoms with van der Waals surface area (Å²) in [5.74, 6) is 1.56. The number of ether oxygens (including phenoxy) is 4. The molecular formula is C24H24N4O7S2. The number of nitrogens with zero attached hydrogens (tertiary/aromatic N) is 3. The number of anilines is 1. The third-order valence-electron chi connectivity index (χ3n) is 4.57. The van der Waals surface area contributed by atoms with E-state index in [1.807, 2.05) is 13.0 Å². The van der Waals surface area contributed by atoms with Crippen LogP contribution in [0.4, 0.5) is 5.13 Å². The predicted molar refractivity (Wildman–Crippen MR) is 137 cm³/mol. The number of benzene rings is 2. The third-order valence-corrected chi connectivity index (χ3v) is 6.16. The zero-order chi connectivity index (χ0) is 26.8. The van der Waals surface area contributed by atoms with Gasteiger partial charge < -0.3 is 18.9 Å². The number of nitriles is 1. The number of carbonyl (C=O) groups is 1. The smallest absolute Gasteiger partial charge is 0.268 e. The van der Waals surface area contributed by atoms with Crippen molar-refractivity contribution in [2.24, 2.45) is 0 Å². The van der Waals surface area contributed by atoms with Gasteiger partial charge in [-0.1, -0.05) is 6.07 Å². The maximum absolute atomic E-state index is 12.5. The van der Waals surface area contributed by atoms with Crippen molar-refractivity contribution in [3.8, 4) is 29.1 Å². The summed E-state index contributed by atoms with van der Waals surface area (Å²) < 4.78 is 49.0. The number of amides is 1. The highest BCUT2D eigenvalue weighted by Gasteiger charge is 2.18. The highest BCUT2D eigenvalue weighted by Crippen LogP contribution is 2.29. The number of sulfone groups is 1. The van der Waals surface area contributed by atoms with Gasteiger partial charge in [-0.05, 0) is 55.0 Å². The van der Waals surface area contributed by atoms with Crippen LogP contribution >= 0.6 is 11.5 Å². The Labute approximate surface area is 218 Å². The lowest BCUT2D eigenvalue weighted by molar-refractivity contribution is -0.112. The first-order valence-corrected chi connectivity index (χ1v) is 13.5. The van der Waals surface area contributed by atoms with Crippen LogP contribution in [0, 0.1) is 11.3 Å².